The van der Waals surface area contributed by atoms with Crippen LogP contribution in [0.25, 0.3) is 0 Å². The third-order valence-electron chi connectivity index (χ3n) is 2.36. The first kappa shape index (κ1) is 12.7. The summed E-state index contributed by atoms with van der Waals surface area (Å²) in [6.45, 7) is 0.960. The summed E-state index contributed by atoms with van der Waals surface area (Å²) < 4.78 is 18.8. The Hall–Kier alpha value is -1.74. The molecule has 4 heteroatoms. The molecule has 0 aliphatic heterocycles. The molecule has 0 aromatic heterocycles. The molecule has 0 heterocycles. The molecule has 0 spiro atoms. The molecule has 2 rings (SSSR count). The Morgan fingerprint density at radius 2 is 1.94 bits per heavy atom. The molecule has 0 unspecified atom stereocenters. The van der Waals surface area contributed by atoms with E-state index in [-0.39, 0.29) is 5.82 Å². The number of benzene rings is 2. The number of anilines is 1. The van der Waals surface area contributed by atoms with Crippen LogP contribution in [0.15, 0.2) is 48.5 Å². The lowest BCUT2D eigenvalue weighted by molar-refractivity contribution is 0.332. The van der Waals surface area contributed by atoms with Gasteiger partial charge < -0.3 is 10.1 Å². The molecule has 0 amide bonds. The lowest BCUT2D eigenvalue weighted by Gasteiger charge is -2.09. The molecule has 94 valence electrons. The number of hydrogen-bond donors (Lipinski definition) is 1. The first-order valence-corrected chi connectivity index (χ1v) is 6.00. The van der Waals surface area contributed by atoms with Gasteiger partial charge in [0.05, 0.1) is 5.69 Å². The van der Waals surface area contributed by atoms with E-state index in [9.17, 15) is 4.39 Å². The number of halogens is 2. The van der Waals surface area contributed by atoms with Crippen molar-refractivity contribution in [1.82, 2.24) is 0 Å². The maximum atomic E-state index is 13.3. The van der Waals surface area contributed by atoms with Crippen molar-refractivity contribution in [1.29, 1.82) is 0 Å². The summed E-state index contributed by atoms with van der Waals surface area (Å²) in [6.07, 6.45) is 0. The van der Waals surface area contributed by atoms with Crippen LogP contribution in [-0.4, -0.2) is 13.2 Å². The van der Waals surface area contributed by atoms with Crippen molar-refractivity contribution < 1.29 is 9.13 Å². The lowest BCUT2D eigenvalue weighted by atomic mass is 10.3. The second-order valence-electron chi connectivity index (χ2n) is 3.71. The predicted octanol–water partition coefficient (Wildman–Crippen LogP) is 3.97. The number of nitrogens with one attached hydrogen (secondary N) is 1. The largest absolute Gasteiger partial charge is 0.492 e. The zero-order chi connectivity index (χ0) is 12.8. The molecule has 0 saturated heterocycles. The fourth-order valence-electron chi connectivity index (χ4n) is 1.52. The number of hydrogen-bond acceptors (Lipinski definition) is 2. The van der Waals surface area contributed by atoms with Gasteiger partial charge in [-0.25, -0.2) is 4.39 Å². The van der Waals surface area contributed by atoms with Crippen molar-refractivity contribution in [2.75, 3.05) is 18.5 Å². The molecule has 0 fully saturated rings. The van der Waals surface area contributed by atoms with Gasteiger partial charge in [0.15, 0.2) is 0 Å². The number of para-hydroxylation sites is 1. The van der Waals surface area contributed by atoms with Crippen molar-refractivity contribution in [2.24, 2.45) is 0 Å². The second kappa shape index (κ2) is 6.26. The number of rotatable bonds is 5. The SMILES string of the molecule is Fc1ccccc1NCCOc1cccc(Cl)c1. The molecule has 0 atom stereocenters. The van der Waals surface area contributed by atoms with Crippen molar-refractivity contribution in [3.05, 3.63) is 59.4 Å². The third kappa shape index (κ3) is 3.64. The maximum absolute atomic E-state index is 13.3. The molecular formula is C14H13ClFNO. The highest BCUT2D eigenvalue weighted by Crippen LogP contribution is 2.17. The van der Waals surface area contributed by atoms with Crippen molar-refractivity contribution in [2.45, 2.75) is 0 Å². The third-order valence-corrected chi connectivity index (χ3v) is 2.59. The minimum atomic E-state index is -0.264. The van der Waals surface area contributed by atoms with Gasteiger partial charge in [0.1, 0.15) is 18.2 Å². The summed E-state index contributed by atoms with van der Waals surface area (Å²) in [7, 11) is 0. The molecule has 2 aromatic carbocycles. The molecule has 0 aliphatic carbocycles. The summed E-state index contributed by atoms with van der Waals surface area (Å²) in [5.41, 5.74) is 0.479. The molecule has 0 bridgehead atoms. The summed E-state index contributed by atoms with van der Waals surface area (Å²) in [6, 6.07) is 13.7. The maximum Gasteiger partial charge on any atom is 0.146 e. The fourth-order valence-corrected chi connectivity index (χ4v) is 1.70. The van der Waals surface area contributed by atoms with Gasteiger partial charge in [-0.2, -0.15) is 0 Å². The topological polar surface area (TPSA) is 21.3 Å². The van der Waals surface area contributed by atoms with Gasteiger partial charge in [0, 0.05) is 11.6 Å². The lowest BCUT2D eigenvalue weighted by Crippen LogP contribution is -2.12. The van der Waals surface area contributed by atoms with E-state index >= 15 is 0 Å². The molecule has 2 aromatic rings. The highest BCUT2D eigenvalue weighted by atomic mass is 35.5. The van der Waals surface area contributed by atoms with Crippen LogP contribution < -0.4 is 10.1 Å². The van der Waals surface area contributed by atoms with Gasteiger partial charge >= 0.3 is 0 Å². The monoisotopic (exact) mass is 265 g/mol. The molecule has 0 aliphatic rings. The van der Waals surface area contributed by atoms with Crippen LogP contribution in [0.2, 0.25) is 5.02 Å². The molecule has 18 heavy (non-hydrogen) atoms. The van der Waals surface area contributed by atoms with Crippen LogP contribution in [0.4, 0.5) is 10.1 Å². The van der Waals surface area contributed by atoms with E-state index in [4.69, 9.17) is 16.3 Å². The van der Waals surface area contributed by atoms with E-state index in [1.165, 1.54) is 6.07 Å². The minimum Gasteiger partial charge on any atom is -0.492 e. The molecular weight excluding hydrogens is 253 g/mol. The van der Waals surface area contributed by atoms with E-state index in [1.807, 2.05) is 12.1 Å². The van der Waals surface area contributed by atoms with Crippen LogP contribution in [0.5, 0.6) is 5.75 Å². The summed E-state index contributed by atoms with van der Waals surface area (Å²) in [5, 5.41) is 3.60. The molecule has 0 radical (unpaired) electrons. The zero-order valence-electron chi connectivity index (χ0n) is 9.70. The average molecular weight is 266 g/mol. The highest BCUT2D eigenvalue weighted by Gasteiger charge is 1.99. The summed E-state index contributed by atoms with van der Waals surface area (Å²) in [4.78, 5) is 0. The fraction of sp³-hybridized carbons (Fsp3) is 0.143. The van der Waals surface area contributed by atoms with Crippen LogP contribution >= 0.6 is 11.6 Å². The van der Waals surface area contributed by atoms with Gasteiger partial charge in [-0.3, -0.25) is 0 Å². The average Bonchev–Trinajstić information content (AvgIpc) is 2.37. The van der Waals surface area contributed by atoms with E-state index in [0.29, 0.717) is 29.6 Å². The van der Waals surface area contributed by atoms with Crippen LogP contribution in [-0.2, 0) is 0 Å². The van der Waals surface area contributed by atoms with Gasteiger partial charge in [-0.05, 0) is 30.3 Å². The highest BCUT2D eigenvalue weighted by molar-refractivity contribution is 6.30. The van der Waals surface area contributed by atoms with E-state index in [2.05, 4.69) is 5.32 Å². The van der Waals surface area contributed by atoms with Crippen LogP contribution in [0.3, 0.4) is 0 Å². The summed E-state index contributed by atoms with van der Waals surface area (Å²) >= 11 is 5.83. The Morgan fingerprint density at radius 3 is 2.72 bits per heavy atom. The van der Waals surface area contributed by atoms with Gasteiger partial charge in [0.25, 0.3) is 0 Å². The van der Waals surface area contributed by atoms with Gasteiger partial charge in [-0.1, -0.05) is 29.8 Å². The van der Waals surface area contributed by atoms with Crippen molar-refractivity contribution in [3.8, 4) is 5.75 Å². The van der Waals surface area contributed by atoms with Crippen LogP contribution in [0.1, 0.15) is 0 Å². The van der Waals surface area contributed by atoms with E-state index in [0.717, 1.165) is 0 Å². The van der Waals surface area contributed by atoms with Gasteiger partial charge in [-0.15, -0.1) is 0 Å². The smallest absolute Gasteiger partial charge is 0.146 e. The minimum absolute atomic E-state index is 0.264. The Balaban J connectivity index is 1.78. The van der Waals surface area contributed by atoms with Crippen LogP contribution in [0, 0.1) is 5.82 Å². The van der Waals surface area contributed by atoms with Crippen molar-refractivity contribution >= 4 is 17.3 Å². The Morgan fingerprint density at radius 1 is 1.11 bits per heavy atom. The van der Waals surface area contributed by atoms with E-state index < -0.39 is 0 Å². The van der Waals surface area contributed by atoms with Crippen molar-refractivity contribution in [3.63, 3.8) is 0 Å². The second-order valence-corrected chi connectivity index (χ2v) is 4.15. The first-order chi connectivity index (χ1) is 8.75. The normalized spacial score (nSPS) is 10.1. The Kier molecular flexibility index (Phi) is 4.42. The first-order valence-electron chi connectivity index (χ1n) is 5.62. The van der Waals surface area contributed by atoms with Gasteiger partial charge in [0.2, 0.25) is 0 Å². The number of ether oxygens (including phenoxy) is 1. The Labute approximate surface area is 110 Å². The standard InChI is InChI=1S/C14H13ClFNO/c15-11-4-3-5-12(10-11)18-9-8-17-14-7-2-1-6-13(14)16/h1-7,10,17H,8-9H2. The quantitative estimate of drug-likeness (QED) is 0.826. The molecule has 2 nitrogen and oxygen atoms in total. The molecule has 0 saturated carbocycles. The summed E-state index contributed by atoms with van der Waals surface area (Å²) in [5.74, 6) is 0.443. The zero-order valence-corrected chi connectivity index (χ0v) is 10.5. The molecule has 1 N–H and O–H groups in total. The Bertz CT molecular complexity index is 519. The predicted molar refractivity (Wildman–Crippen MR) is 71.8 cm³/mol. The van der Waals surface area contributed by atoms with E-state index in [1.54, 1.807) is 30.3 Å².